The molecule has 0 spiro atoms. The van der Waals surface area contributed by atoms with Crippen LogP contribution in [0.25, 0.3) is 98.7 Å². The molecule has 0 aliphatic rings. The first kappa shape index (κ1) is 34.0. The molecular formula is C64H43N. The summed E-state index contributed by atoms with van der Waals surface area (Å²) in [6.45, 7) is 0. The van der Waals surface area contributed by atoms with Gasteiger partial charge in [0.05, 0.1) is 5.48 Å². The van der Waals surface area contributed by atoms with Crippen LogP contribution < -0.4 is 4.90 Å². The van der Waals surface area contributed by atoms with Crippen LogP contribution in [0, 0.1) is 0 Å². The van der Waals surface area contributed by atoms with Gasteiger partial charge < -0.3 is 4.90 Å². The topological polar surface area (TPSA) is 3.24 Å². The highest BCUT2D eigenvalue weighted by Gasteiger charge is 2.19. The zero-order valence-electron chi connectivity index (χ0n) is 39.5. The van der Waals surface area contributed by atoms with Crippen molar-refractivity contribution in [1.29, 1.82) is 0 Å². The molecule has 0 fully saturated rings. The van der Waals surface area contributed by atoms with Crippen molar-refractivity contribution in [2.75, 3.05) is 4.90 Å². The van der Waals surface area contributed by atoms with Crippen LogP contribution in [0.15, 0.2) is 261 Å². The summed E-state index contributed by atoms with van der Waals surface area (Å²) in [5.74, 6) is 0. The molecule has 1 nitrogen and oxygen atoms in total. The number of hydrogen-bond acceptors (Lipinski definition) is 1. The van der Waals surface area contributed by atoms with Crippen LogP contribution in [0.2, 0.25) is 0 Å². The molecule has 304 valence electrons. The van der Waals surface area contributed by atoms with Crippen LogP contribution in [-0.4, -0.2) is 0 Å². The summed E-state index contributed by atoms with van der Waals surface area (Å²) < 4.78 is 38.4. The average Bonchev–Trinajstić information content (AvgIpc) is 3.41. The zero-order chi connectivity index (χ0) is 46.6. The Morgan fingerprint density at radius 1 is 0.246 bits per heavy atom. The average molecular weight is 830 g/mol. The van der Waals surface area contributed by atoms with Gasteiger partial charge >= 0.3 is 0 Å². The van der Waals surface area contributed by atoms with Crippen molar-refractivity contribution in [3.05, 3.63) is 261 Å². The Labute approximate surface area is 385 Å². The third-order valence-electron chi connectivity index (χ3n) is 12.7. The van der Waals surface area contributed by atoms with Crippen LogP contribution in [0.3, 0.4) is 0 Å². The van der Waals surface area contributed by atoms with Crippen molar-refractivity contribution in [2.24, 2.45) is 0 Å². The lowest BCUT2D eigenvalue weighted by molar-refractivity contribution is 1.28. The Morgan fingerprint density at radius 2 is 0.677 bits per heavy atom. The highest BCUT2D eigenvalue weighted by atomic mass is 15.1. The van der Waals surface area contributed by atoms with Gasteiger partial charge in [0.25, 0.3) is 0 Å². The van der Waals surface area contributed by atoms with Crippen LogP contribution in [0.5, 0.6) is 0 Å². The molecule has 65 heavy (non-hydrogen) atoms. The predicted octanol–water partition coefficient (Wildman–Crippen LogP) is 18.1. The van der Waals surface area contributed by atoms with E-state index in [0.29, 0.717) is 16.9 Å². The largest absolute Gasteiger partial charge is 0.311 e. The van der Waals surface area contributed by atoms with Crippen molar-refractivity contribution in [2.45, 2.75) is 0 Å². The summed E-state index contributed by atoms with van der Waals surface area (Å²) in [7, 11) is 0. The number of nitrogens with zero attached hydrogens (tertiary/aromatic N) is 1. The minimum Gasteiger partial charge on any atom is -0.311 e. The van der Waals surface area contributed by atoms with E-state index in [9.17, 15) is 5.48 Å². The van der Waals surface area contributed by atoms with Gasteiger partial charge in [-0.3, -0.25) is 0 Å². The maximum atomic E-state index is 9.68. The molecule has 0 aliphatic heterocycles. The molecule has 0 aliphatic carbocycles. The highest BCUT2D eigenvalue weighted by molar-refractivity contribution is 6.22. The van der Waals surface area contributed by atoms with E-state index in [-0.39, 0.29) is 35.4 Å². The summed E-state index contributed by atoms with van der Waals surface area (Å²) in [4.78, 5) is 1.87. The van der Waals surface area contributed by atoms with E-state index in [2.05, 4.69) is 164 Å². The Balaban J connectivity index is 1.02. The molecule has 0 atom stereocenters. The monoisotopic (exact) mass is 829 g/mol. The molecule has 0 radical (unpaired) electrons. The van der Waals surface area contributed by atoms with Gasteiger partial charge in [0.1, 0.15) is 0 Å². The lowest BCUT2D eigenvalue weighted by atomic mass is 9.84. The number of anilines is 3. The molecular weight excluding hydrogens is 783 g/mol. The lowest BCUT2D eigenvalue weighted by Crippen LogP contribution is -2.09. The quantitative estimate of drug-likeness (QED) is 0.138. The fourth-order valence-corrected chi connectivity index (χ4v) is 9.65. The van der Waals surface area contributed by atoms with Crippen molar-refractivity contribution >= 4 is 60.2 Å². The standard InChI is InChI=1S/C64H43N/c1-3-17-49(18-4-1)63-61-26-12-11-25-59(61)60-42-35-51(43-62(60)64(63)50-19-5-2-6-20-50)44-29-36-52(37-30-44)65(53-38-31-47(32-39-53)57-27-13-21-45-15-7-9-23-55(45)57)54-40-33-48(34-41-54)58-28-14-22-46-16-8-10-24-56(46)58/h1-43H/i31D,32D,38D,39D. The SMILES string of the molecule is [2H]c1c([2H])c(N(c2ccc(-c3ccc4c(c3)c(-c3ccccc3)c(-c3ccccc3)c3ccccc34)cc2)c2ccc(-c3cccc4ccccc34)cc2)c([2H])c([2H])c1-c1cccc2ccccc12. The summed E-state index contributed by atoms with van der Waals surface area (Å²) in [6, 6.07) is 81.1. The van der Waals surface area contributed by atoms with Gasteiger partial charge in [-0.05, 0) is 141 Å². The van der Waals surface area contributed by atoms with Gasteiger partial charge in [-0.1, -0.05) is 218 Å². The normalized spacial score (nSPS) is 12.2. The van der Waals surface area contributed by atoms with Gasteiger partial charge in [-0.15, -0.1) is 0 Å². The summed E-state index contributed by atoms with van der Waals surface area (Å²) >= 11 is 0. The van der Waals surface area contributed by atoms with E-state index < -0.39 is 0 Å². The van der Waals surface area contributed by atoms with Crippen molar-refractivity contribution < 1.29 is 5.48 Å². The lowest BCUT2D eigenvalue weighted by Gasteiger charge is -2.26. The van der Waals surface area contributed by atoms with E-state index in [1.807, 2.05) is 77.7 Å². The second kappa shape index (κ2) is 16.3. The van der Waals surface area contributed by atoms with E-state index in [1.54, 1.807) is 0 Å². The van der Waals surface area contributed by atoms with Crippen LogP contribution in [-0.2, 0) is 0 Å². The smallest absolute Gasteiger partial charge is 0.0645 e. The van der Waals surface area contributed by atoms with Gasteiger partial charge in [0.2, 0.25) is 0 Å². The molecule has 0 N–H and O–H groups in total. The summed E-state index contributed by atoms with van der Waals surface area (Å²) in [5, 5.41) is 8.89. The number of rotatable bonds is 8. The van der Waals surface area contributed by atoms with Gasteiger partial charge in [-0.25, -0.2) is 0 Å². The molecule has 0 unspecified atom stereocenters. The fraction of sp³-hybridized carbons (Fsp3) is 0. The maximum Gasteiger partial charge on any atom is 0.0645 e. The van der Waals surface area contributed by atoms with Crippen molar-refractivity contribution in [3.8, 4) is 55.6 Å². The molecule has 1 heteroatoms. The van der Waals surface area contributed by atoms with Crippen molar-refractivity contribution in [1.82, 2.24) is 0 Å². The van der Waals surface area contributed by atoms with Crippen molar-refractivity contribution in [3.63, 3.8) is 0 Å². The Morgan fingerprint density at radius 3 is 1.26 bits per heavy atom. The minimum absolute atomic E-state index is 0.0934. The highest BCUT2D eigenvalue weighted by Crippen LogP contribution is 2.46. The van der Waals surface area contributed by atoms with E-state index in [0.717, 1.165) is 60.3 Å². The number of fused-ring (bicyclic) bond motifs is 5. The van der Waals surface area contributed by atoms with Gasteiger partial charge in [0, 0.05) is 17.1 Å². The number of benzene rings is 12. The Bertz CT molecular complexity index is 3880. The first-order chi connectivity index (χ1) is 33.9. The van der Waals surface area contributed by atoms with E-state index >= 15 is 0 Å². The second-order valence-corrected chi connectivity index (χ2v) is 16.5. The Hall–Kier alpha value is -8.52. The van der Waals surface area contributed by atoms with Gasteiger partial charge in [0.15, 0.2) is 0 Å². The predicted molar refractivity (Wildman–Crippen MR) is 278 cm³/mol. The molecule has 12 aromatic carbocycles. The molecule has 0 bridgehead atoms. The molecule has 0 heterocycles. The minimum atomic E-state index is -0.120. The van der Waals surface area contributed by atoms with E-state index in [1.165, 1.54) is 27.3 Å². The first-order valence-electron chi connectivity index (χ1n) is 24.1. The van der Waals surface area contributed by atoms with E-state index in [4.69, 9.17) is 0 Å². The molecule has 0 aromatic heterocycles. The fourth-order valence-electron chi connectivity index (χ4n) is 9.65. The summed E-state index contributed by atoms with van der Waals surface area (Å²) in [5.41, 5.74) is 11.4. The third-order valence-corrected chi connectivity index (χ3v) is 12.7. The zero-order valence-corrected chi connectivity index (χ0v) is 35.5. The molecule has 0 saturated carbocycles. The van der Waals surface area contributed by atoms with Crippen LogP contribution in [0.1, 0.15) is 5.48 Å². The van der Waals surface area contributed by atoms with Gasteiger partial charge in [-0.2, -0.15) is 0 Å². The third kappa shape index (κ3) is 6.92. The first-order valence-corrected chi connectivity index (χ1v) is 22.1. The second-order valence-electron chi connectivity index (χ2n) is 16.5. The molecule has 12 aromatic rings. The number of hydrogen-bond donors (Lipinski definition) is 0. The van der Waals surface area contributed by atoms with Crippen LogP contribution in [0.4, 0.5) is 17.1 Å². The molecule has 0 amide bonds. The molecule has 12 rings (SSSR count). The Kier molecular flexibility index (Phi) is 8.54. The summed E-state index contributed by atoms with van der Waals surface area (Å²) in [6.07, 6.45) is 0. The molecule has 0 saturated heterocycles. The maximum absolute atomic E-state index is 9.68. The van der Waals surface area contributed by atoms with Crippen LogP contribution >= 0.6 is 0 Å².